The van der Waals surface area contributed by atoms with E-state index in [0.717, 1.165) is 11.4 Å². The van der Waals surface area contributed by atoms with Gasteiger partial charge in [-0.15, -0.1) is 0 Å². The van der Waals surface area contributed by atoms with Crippen molar-refractivity contribution in [2.75, 3.05) is 29.9 Å². The van der Waals surface area contributed by atoms with Gasteiger partial charge >= 0.3 is 6.03 Å². The van der Waals surface area contributed by atoms with Crippen molar-refractivity contribution in [3.63, 3.8) is 0 Å². The van der Waals surface area contributed by atoms with Crippen LogP contribution in [0.5, 0.6) is 0 Å². The molecule has 8 heteroatoms. The van der Waals surface area contributed by atoms with Gasteiger partial charge in [0, 0.05) is 41.9 Å². The Morgan fingerprint density at radius 1 is 1.04 bits per heavy atom. The SMILES string of the molecule is O=C(CN1CCN(c2ccc(Cl)cc2)C1=O)Nc1ccc(-n2cccn2)cc1. The van der Waals surface area contributed by atoms with Crippen molar-refractivity contribution >= 4 is 34.9 Å². The molecule has 142 valence electrons. The van der Waals surface area contributed by atoms with E-state index in [1.54, 1.807) is 52.2 Å². The minimum absolute atomic E-state index is 0.00380. The van der Waals surface area contributed by atoms with Crippen LogP contribution in [0, 0.1) is 0 Å². The molecule has 0 spiro atoms. The average molecular weight is 396 g/mol. The Hall–Kier alpha value is -3.32. The Kier molecular flexibility index (Phi) is 4.99. The predicted octanol–water partition coefficient (Wildman–Crippen LogP) is 3.41. The van der Waals surface area contributed by atoms with Gasteiger partial charge in [-0.1, -0.05) is 11.6 Å². The van der Waals surface area contributed by atoms with Crippen LogP contribution in [-0.4, -0.2) is 46.3 Å². The first kappa shape index (κ1) is 18.1. The van der Waals surface area contributed by atoms with E-state index in [1.165, 1.54) is 4.90 Å². The van der Waals surface area contributed by atoms with Crippen LogP contribution >= 0.6 is 11.6 Å². The fraction of sp³-hybridized carbons (Fsp3) is 0.150. The molecule has 3 aromatic rings. The zero-order valence-corrected chi connectivity index (χ0v) is 15.7. The highest BCUT2D eigenvalue weighted by Gasteiger charge is 2.30. The molecule has 2 aromatic carbocycles. The van der Waals surface area contributed by atoms with Gasteiger partial charge in [-0.25, -0.2) is 9.48 Å². The van der Waals surface area contributed by atoms with Crippen molar-refractivity contribution in [3.05, 3.63) is 72.0 Å². The summed E-state index contributed by atoms with van der Waals surface area (Å²) in [6.07, 6.45) is 3.55. The summed E-state index contributed by atoms with van der Waals surface area (Å²) < 4.78 is 1.74. The fourth-order valence-corrected chi connectivity index (χ4v) is 3.21. The highest BCUT2D eigenvalue weighted by Crippen LogP contribution is 2.22. The van der Waals surface area contributed by atoms with E-state index < -0.39 is 0 Å². The smallest absolute Gasteiger partial charge is 0.325 e. The molecule has 1 aliphatic rings. The minimum atomic E-state index is -0.238. The third-order valence-corrected chi connectivity index (χ3v) is 4.74. The number of carbonyl (C=O) groups is 2. The first-order chi connectivity index (χ1) is 13.6. The zero-order valence-electron chi connectivity index (χ0n) is 15.0. The Balaban J connectivity index is 1.35. The molecule has 4 rings (SSSR count). The first-order valence-corrected chi connectivity index (χ1v) is 9.20. The zero-order chi connectivity index (χ0) is 19.5. The Labute approximate surface area is 167 Å². The maximum Gasteiger partial charge on any atom is 0.325 e. The largest absolute Gasteiger partial charge is 0.325 e. The van der Waals surface area contributed by atoms with Gasteiger partial charge in [0.1, 0.15) is 6.54 Å². The molecule has 0 bridgehead atoms. The minimum Gasteiger partial charge on any atom is -0.325 e. The van der Waals surface area contributed by atoms with E-state index >= 15 is 0 Å². The number of urea groups is 1. The standard InChI is InChI=1S/C20H18ClN5O2/c21-15-2-6-17(7-3-15)25-13-12-24(20(25)28)14-19(27)23-16-4-8-18(9-5-16)26-11-1-10-22-26/h1-11H,12-14H2,(H,23,27). The van der Waals surface area contributed by atoms with Crippen LogP contribution in [0.1, 0.15) is 0 Å². The van der Waals surface area contributed by atoms with Gasteiger partial charge in [0.15, 0.2) is 0 Å². The van der Waals surface area contributed by atoms with Crippen molar-refractivity contribution in [3.8, 4) is 5.69 Å². The van der Waals surface area contributed by atoms with E-state index in [0.29, 0.717) is 23.8 Å². The number of amides is 3. The van der Waals surface area contributed by atoms with Crippen LogP contribution in [0.4, 0.5) is 16.2 Å². The van der Waals surface area contributed by atoms with Gasteiger partial charge in [-0.2, -0.15) is 5.10 Å². The number of nitrogens with one attached hydrogen (secondary N) is 1. The van der Waals surface area contributed by atoms with Crippen LogP contribution in [0.25, 0.3) is 5.69 Å². The molecular formula is C20H18ClN5O2. The number of hydrogen-bond acceptors (Lipinski definition) is 3. The van der Waals surface area contributed by atoms with Gasteiger partial charge in [0.25, 0.3) is 0 Å². The number of anilines is 2. The maximum atomic E-state index is 12.6. The lowest BCUT2D eigenvalue weighted by molar-refractivity contribution is -0.116. The molecular weight excluding hydrogens is 378 g/mol. The first-order valence-electron chi connectivity index (χ1n) is 8.82. The molecule has 1 saturated heterocycles. The van der Waals surface area contributed by atoms with Gasteiger partial charge in [-0.3, -0.25) is 9.69 Å². The molecule has 0 radical (unpaired) electrons. The lowest BCUT2D eigenvalue weighted by Crippen LogP contribution is -2.37. The monoisotopic (exact) mass is 395 g/mol. The van der Waals surface area contributed by atoms with Crippen molar-refractivity contribution in [2.45, 2.75) is 0 Å². The normalized spacial score (nSPS) is 13.8. The summed E-state index contributed by atoms with van der Waals surface area (Å²) in [5.74, 6) is -0.238. The number of halogens is 1. The van der Waals surface area contributed by atoms with Crippen LogP contribution in [0.15, 0.2) is 67.0 Å². The molecule has 1 aliphatic heterocycles. The van der Waals surface area contributed by atoms with E-state index in [1.807, 2.05) is 24.4 Å². The molecule has 0 atom stereocenters. The van der Waals surface area contributed by atoms with Crippen molar-refractivity contribution in [1.29, 1.82) is 0 Å². The van der Waals surface area contributed by atoms with Crippen LogP contribution < -0.4 is 10.2 Å². The number of hydrogen-bond donors (Lipinski definition) is 1. The van der Waals surface area contributed by atoms with Crippen LogP contribution in [-0.2, 0) is 4.79 Å². The van der Waals surface area contributed by atoms with E-state index in [4.69, 9.17) is 11.6 Å². The van der Waals surface area contributed by atoms with Crippen molar-refractivity contribution in [1.82, 2.24) is 14.7 Å². The highest BCUT2D eigenvalue weighted by molar-refractivity contribution is 6.30. The van der Waals surface area contributed by atoms with Crippen molar-refractivity contribution < 1.29 is 9.59 Å². The molecule has 3 amide bonds. The Bertz CT molecular complexity index is 971. The summed E-state index contributed by atoms with van der Waals surface area (Å²) in [6, 6.07) is 16.1. The van der Waals surface area contributed by atoms with Gasteiger partial charge in [0.2, 0.25) is 5.91 Å². The second-order valence-electron chi connectivity index (χ2n) is 6.38. The lowest BCUT2D eigenvalue weighted by Gasteiger charge is -2.18. The predicted molar refractivity (Wildman–Crippen MR) is 108 cm³/mol. The molecule has 1 N–H and O–H groups in total. The Morgan fingerprint density at radius 2 is 1.75 bits per heavy atom. The van der Waals surface area contributed by atoms with Crippen molar-refractivity contribution in [2.24, 2.45) is 0 Å². The van der Waals surface area contributed by atoms with Gasteiger partial charge < -0.3 is 10.2 Å². The Morgan fingerprint density at radius 3 is 2.43 bits per heavy atom. The van der Waals surface area contributed by atoms with Gasteiger partial charge in [-0.05, 0) is 54.6 Å². The molecule has 0 saturated carbocycles. The molecule has 0 aliphatic carbocycles. The average Bonchev–Trinajstić information content (AvgIpc) is 3.34. The molecule has 1 aromatic heterocycles. The second kappa shape index (κ2) is 7.74. The number of aromatic nitrogens is 2. The second-order valence-corrected chi connectivity index (χ2v) is 6.81. The molecule has 0 unspecified atom stereocenters. The van der Waals surface area contributed by atoms with Crippen LogP contribution in [0.3, 0.4) is 0 Å². The molecule has 1 fully saturated rings. The topological polar surface area (TPSA) is 70.5 Å². The van der Waals surface area contributed by atoms with E-state index in [9.17, 15) is 9.59 Å². The van der Waals surface area contributed by atoms with Crippen LogP contribution in [0.2, 0.25) is 5.02 Å². The number of nitrogens with zero attached hydrogens (tertiary/aromatic N) is 4. The fourth-order valence-electron chi connectivity index (χ4n) is 3.08. The summed E-state index contributed by atoms with van der Waals surface area (Å²) in [5.41, 5.74) is 2.34. The summed E-state index contributed by atoms with van der Waals surface area (Å²) in [7, 11) is 0. The van der Waals surface area contributed by atoms with E-state index in [-0.39, 0.29) is 18.5 Å². The number of carbonyl (C=O) groups excluding carboxylic acids is 2. The molecule has 2 heterocycles. The maximum absolute atomic E-state index is 12.6. The highest BCUT2D eigenvalue weighted by atomic mass is 35.5. The summed E-state index contributed by atoms with van der Waals surface area (Å²) >= 11 is 5.90. The van der Waals surface area contributed by atoms with E-state index in [2.05, 4.69) is 10.4 Å². The lowest BCUT2D eigenvalue weighted by atomic mass is 10.3. The third-order valence-electron chi connectivity index (χ3n) is 4.49. The molecule has 7 nitrogen and oxygen atoms in total. The summed E-state index contributed by atoms with van der Waals surface area (Å²) in [5, 5.41) is 7.61. The number of rotatable bonds is 5. The molecule has 28 heavy (non-hydrogen) atoms. The van der Waals surface area contributed by atoms with Gasteiger partial charge in [0.05, 0.1) is 5.69 Å². The number of benzene rings is 2. The summed E-state index contributed by atoms with van der Waals surface area (Å²) in [6.45, 7) is 1.03. The summed E-state index contributed by atoms with van der Waals surface area (Å²) in [4.78, 5) is 28.1. The third kappa shape index (κ3) is 3.84. The quantitative estimate of drug-likeness (QED) is 0.719.